The molecule has 1 aliphatic rings. The number of imidazole rings is 1. The number of carbonyl (C=O) groups excluding carboxylic acids is 1. The van der Waals surface area contributed by atoms with Crippen molar-refractivity contribution in [2.75, 3.05) is 13.1 Å². The first-order chi connectivity index (χ1) is 12.8. The first-order valence-electron chi connectivity index (χ1n) is 9.82. The van der Waals surface area contributed by atoms with Crippen LogP contribution in [0.4, 0.5) is 0 Å². The third-order valence-corrected chi connectivity index (χ3v) is 5.19. The van der Waals surface area contributed by atoms with Crippen molar-refractivity contribution in [1.29, 1.82) is 0 Å². The zero-order valence-corrected chi connectivity index (χ0v) is 17.9. The van der Waals surface area contributed by atoms with E-state index in [0.29, 0.717) is 18.9 Å². The van der Waals surface area contributed by atoms with Gasteiger partial charge in [-0.15, -0.1) is 24.8 Å². The van der Waals surface area contributed by atoms with Crippen LogP contribution in [0.15, 0.2) is 42.7 Å². The van der Waals surface area contributed by atoms with Gasteiger partial charge in [-0.3, -0.25) is 4.79 Å². The molecule has 1 saturated heterocycles. The van der Waals surface area contributed by atoms with E-state index in [1.807, 2.05) is 18.5 Å². The zero-order chi connectivity index (χ0) is 18.0. The summed E-state index contributed by atoms with van der Waals surface area (Å²) in [5.74, 6) is 1.78. The summed E-state index contributed by atoms with van der Waals surface area (Å²) in [7, 11) is 0. The van der Waals surface area contributed by atoms with E-state index in [2.05, 4.69) is 44.5 Å². The lowest BCUT2D eigenvalue weighted by Crippen LogP contribution is -2.29. The lowest BCUT2D eigenvalue weighted by Gasteiger charge is -2.22. The number of benzene rings is 1. The quantitative estimate of drug-likeness (QED) is 0.641. The summed E-state index contributed by atoms with van der Waals surface area (Å²) >= 11 is 0. The van der Waals surface area contributed by atoms with E-state index in [4.69, 9.17) is 0 Å². The molecule has 156 valence electrons. The molecule has 1 fully saturated rings. The van der Waals surface area contributed by atoms with Gasteiger partial charge in [0.2, 0.25) is 5.91 Å². The first kappa shape index (κ1) is 24.5. The van der Waals surface area contributed by atoms with Crippen LogP contribution in [0.25, 0.3) is 0 Å². The summed E-state index contributed by atoms with van der Waals surface area (Å²) in [6.45, 7) is 3.62. The second-order valence-electron chi connectivity index (χ2n) is 7.13. The second-order valence-corrected chi connectivity index (χ2v) is 7.13. The Morgan fingerprint density at radius 3 is 2.68 bits per heavy atom. The van der Waals surface area contributed by atoms with Gasteiger partial charge in [-0.05, 0) is 56.7 Å². The third kappa shape index (κ3) is 8.21. The summed E-state index contributed by atoms with van der Waals surface area (Å²) in [6, 6.07) is 10.5. The smallest absolute Gasteiger partial charge is 0.220 e. The minimum Gasteiger partial charge on any atom is -0.349 e. The van der Waals surface area contributed by atoms with Crippen molar-refractivity contribution in [3.63, 3.8) is 0 Å². The van der Waals surface area contributed by atoms with E-state index in [1.165, 1.54) is 18.4 Å². The van der Waals surface area contributed by atoms with E-state index in [0.717, 1.165) is 44.7 Å². The molecule has 28 heavy (non-hydrogen) atoms. The van der Waals surface area contributed by atoms with Crippen molar-refractivity contribution in [2.45, 2.75) is 51.6 Å². The minimum absolute atomic E-state index is 0. The van der Waals surface area contributed by atoms with Crippen LogP contribution in [0.5, 0.6) is 0 Å². The molecule has 0 saturated carbocycles. The van der Waals surface area contributed by atoms with Gasteiger partial charge < -0.3 is 15.2 Å². The molecule has 0 spiro atoms. The highest BCUT2D eigenvalue weighted by Gasteiger charge is 2.14. The average molecular weight is 427 g/mol. The maximum absolute atomic E-state index is 12.1. The Balaban J connectivity index is 0.00000196. The summed E-state index contributed by atoms with van der Waals surface area (Å²) in [6.07, 6.45) is 9.95. The van der Waals surface area contributed by atoms with E-state index >= 15 is 0 Å². The molecule has 1 aromatic heterocycles. The highest BCUT2D eigenvalue weighted by Crippen LogP contribution is 2.17. The summed E-state index contributed by atoms with van der Waals surface area (Å²) in [4.78, 5) is 16.5. The number of aromatic nitrogens is 2. The zero-order valence-electron chi connectivity index (χ0n) is 16.3. The number of amides is 1. The predicted octanol–water partition coefficient (Wildman–Crippen LogP) is 3.76. The molecule has 5 nitrogen and oxygen atoms in total. The molecule has 2 aromatic rings. The van der Waals surface area contributed by atoms with Crippen LogP contribution < -0.4 is 10.6 Å². The minimum atomic E-state index is 0. The van der Waals surface area contributed by atoms with Gasteiger partial charge >= 0.3 is 0 Å². The van der Waals surface area contributed by atoms with Crippen molar-refractivity contribution >= 4 is 30.7 Å². The Bertz CT molecular complexity index is 672. The number of aryl methyl sites for hydroxylation is 2. The molecule has 0 unspecified atom stereocenters. The molecule has 7 heteroatoms. The van der Waals surface area contributed by atoms with Gasteiger partial charge in [0.05, 0.1) is 6.54 Å². The van der Waals surface area contributed by atoms with Gasteiger partial charge in [0, 0.05) is 25.4 Å². The van der Waals surface area contributed by atoms with Crippen LogP contribution in [-0.2, 0) is 24.3 Å². The Kier molecular flexibility index (Phi) is 11.9. The number of hydrogen-bond acceptors (Lipinski definition) is 3. The van der Waals surface area contributed by atoms with Crippen LogP contribution >= 0.6 is 24.8 Å². The van der Waals surface area contributed by atoms with Crippen molar-refractivity contribution < 1.29 is 4.79 Å². The second kappa shape index (κ2) is 13.6. The van der Waals surface area contributed by atoms with Crippen molar-refractivity contribution in [3.8, 4) is 0 Å². The molecule has 0 atom stereocenters. The fourth-order valence-electron chi connectivity index (χ4n) is 3.58. The van der Waals surface area contributed by atoms with E-state index in [1.54, 1.807) is 0 Å². The summed E-state index contributed by atoms with van der Waals surface area (Å²) in [5, 5.41) is 6.40. The van der Waals surface area contributed by atoms with E-state index < -0.39 is 0 Å². The van der Waals surface area contributed by atoms with Crippen LogP contribution in [0.3, 0.4) is 0 Å². The number of carbonyl (C=O) groups is 1. The molecular weight excluding hydrogens is 395 g/mol. The Labute approximate surface area is 180 Å². The normalized spacial score (nSPS) is 14.0. The average Bonchev–Trinajstić information content (AvgIpc) is 3.14. The molecule has 2 N–H and O–H groups in total. The molecule has 0 bridgehead atoms. The third-order valence-electron chi connectivity index (χ3n) is 5.19. The van der Waals surface area contributed by atoms with Gasteiger partial charge in [0.25, 0.3) is 0 Å². The fourth-order valence-corrected chi connectivity index (χ4v) is 3.58. The highest BCUT2D eigenvalue weighted by atomic mass is 35.5. The summed E-state index contributed by atoms with van der Waals surface area (Å²) in [5.41, 5.74) is 1.36. The lowest BCUT2D eigenvalue weighted by atomic mass is 9.93. The molecule has 2 heterocycles. The number of piperidine rings is 1. The SMILES string of the molecule is Cl.Cl.O=C(CCC1CCNCC1)NCc1nccn1CCCc1ccccc1. The molecule has 0 radical (unpaired) electrons. The number of halogens is 2. The molecular formula is C21H32Cl2N4O. The topological polar surface area (TPSA) is 59.0 Å². The first-order valence-corrected chi connectivity index (χ1v) is 9.82. The van der Waals surface area contributed by atoms with Crippen LogP contribution in [0, 0.1) is 5.92 Å². The fraction of sp³-hybridized carbons (Fsp3) is 0.524. The highest BCUT2D eigenvalue weighted by molar-refractivity contribution is 5.85. The van der Waals surface area contributed by atoms with Crippen LogP contribution in [0.1, 0.15) is 43.5 Å². The van der Waals surface area contributed by atoms with Gasteiger partial charge in [0.1, 0.15) is 5.82 Å². The van der Waals surface area contributed by atoms with E-state index in [9.17, 15) is 4.79 Å². The van der Waals surface area contributed by atoms with E-state index in [-0.39, 0.29) is 30.7 Å². The molecule has 1 aliphatic heterocycles. The van der Waals surface area contributed by atoms with Crippen molar-refractivity contribution in [1.82, 2.24) is 20.2 Å². The van der Waals surface area contributed by atoms with Crippen LogP contribution in [-0.4, -0.2) is 28.5 Å². The van der Waals surface area contributed by atoms with Crippen molar-refractivity contribution in [3.05, 3.63) is 54.1 Å². The Morgan fingerprint density at radius 1 is 1.18 bits per heavy atom. The molecule has 0 aliphatic carbocycles. The van der Waals surface area contributed by atoms with Gasteiger partial charge in [-0.2, -0.15) is 0 Å². The number of nitrogens with zero attached hydrogens (tertiary/aromatic N) is 2. The predicted molar refractivity (Wildman–Crippen MR) is 118 cm³/mol. The molecule has 1 amide bonds. The number of rotatable bonds is 9. The van der Waals surface area contributed by atoms with Crippen LogP contribution in [0.2, 0.25) is 0 Å². The van der Waals surface area contributed by atoms with Gasteiger partial charge in [-0.25, -0.2) is 4.98 Å². The monoisotopic (exact) mass is 426 g/mol. The van der Waals surface area contributed by atoms with Crippen molar-refractivity contribution in [2.24, 2.45) is 5.92 Å². The van der Waals surface area contributed by atoms with Gasteiger partial charge in [-0.1, -0.05) is 30.3 Å². The lowest BCUT2D eigenvalue weighted by molar-refractivity contribution is -0.121. The Hall–Kier alpha value is -1.56. The maximum Gasteiger partial charge on any atom is 0.220 e. The largest absolute Gasteiger partial charge is 0.349 e. The maximum atomic E-state index is 12.1. The number of nitrogens with one attached hydrogen (secondary N) is 2. The number of hydrogen-bond donors (Lipinski definition) is 2. The molecule has 1 aromatic carbocycles. The standard InChI is InChI=1S/C21H30N4O.2ClH/c26-21(9-8-19-10-12-22-13-11-19)24-17-20-23-14-16-25(20)15-4-7-18-5-2-1-3-6-18;;/h1-3,5-6,14,16,19,22H,4,7-13,15,17H2,(H,24,26);2*1H. The van der Waals surface area contributed by atoms with Gasteiger partial charge in [0.15, 0.2) is 0 Å². The molecule has 3 rings (SSSR count). The Morgan fingerprint density at radius 2 is 1.93 bits per heavy atom. The summed E-state index contributed by atoms with van der Waals surface area (Å²) < 4.78 is 2.15.